The molecule has 0 saturated carbocycles. The Hall–Kier alpha value is -1.14. The van der Waals surface area contributed by atoms with Crippen LogP contribution in [0.5, 0.6) is 0 Å². The number of nitrogens with one attached hydrogen (secondary N) is 1. The number of likely N-dealkylation sites (N-methyl/N-ethyl adjacent to an activating group) is 1. The van der Waals surface area contributed by atoms with E-state index in [1.807, 2.05) is 16.8 Å². The van der Waals surface area contributed by atoms with Gasteiger partial charge in [0.1, 0.15) is 0 Å². The van der Waals surface area contributed by atoms with Gasteiger partial charge in [0, 0.05) is 53.2 Å². The highest BCUT2D eigenvalue weighted by atomic mass is 16.2. The van der Waals surface area contributed by atoms with Crippen LogP contribution in [0, 0.1) is 0 Å². The lowest BCUT2D eigenvalue weighted by Gasteiger charge is -2.29. The smallest absolute Gasteiger partial charge is 0.236 e. The first-order chi connectivity index (χ1) is 8.50. The summed E-state index contributed by atoms with van der Waals surface area (Å²) in [5.74, 6) is 0.243. The van der Waals surface area contributed by atoms with Gasteiger partial charge in [-0.1, -0.05) is 0 Å². The van der Waals surface area contributed by atoms with Crippen LogP contribution in [0.1, 0.15) is 6.42 Å². The fourth-order valence-electron chi connectivity index (χ4n) is 1.83. The Labute approximate surface area is 109 Å². The average Bonchev–Trinajstić information content (AvgIpc) is 2.36. The van der Waals surface area contributed by atoms with Crippen molar-refractivity contribution in [2.75, 3.05) is 60.4 Å². The third-order valence-corrected chi connectivity index (χ3v) is 3.08. The van der Waals surface area contributed by atoms with E-state index in [1.54, 1.807) is 19.0 Å². The van der Waals surface area contributed by atoms with Crippen molar-refractivity contribution in [3.63, 3.8) is 0 Å². The first kappa shape index (κ1) is 14.9. The molecule has 0 aromatic carbocycles. The standard InChI is InChI=1S/C12H24N4O2/c1-14(2)11(17)4-7-15(3)10-12(18)16-8-5-13-6-9-16/h13H,4-10H2,1-3H3. The molecular formula is C12H24N4O2. The number of carbonyl (C=O) groups excluding carboxylic acids is 2. The van der Waals surface area contributed by atoms with E-state index in [1.165, 1.54) is 0 Å². The van der Waals surface area contributed by atoms with Crippen LogP contribution in [0.3, 0.4) is 0 Å². The molecular weight excluding hydrogens is 232 g/mol. The minimum Gasteiger partial charge on any atom is -0.349 e. The Balaban J connectivity index is 2.24. The monoisotopic (exact) mass is 256 g/mol. The molecule has 6 heteroatoms. The van der Waals surface area contributed by atoms with Gasteiger partial charge >= 0.3 is 0 Å². The first-order valence-electron chi connectivity index (χ1n) is 6.38. The second-order valence-electron chi connectivity index (χ2n) is 4.91. The Morgan fingerprint density at radius 2 is 1.78 bits per heavy atom. The number of nitrogens with zero attached hydrogens (tertiary/aromatic N) is 3. The van der Waals surface area contributed by atoms with Gasteiger partial charge in [-0.3, -0.25) is 14.5 Å². The highest BCUT2D eigenvalue weighted by Gasteiger charge is 2.17. The van der Waals surface area contributed by atoms with Crippen LogP contribution >= 0.6 is 0 Å². The number of amides is 2. The molecule has 0 aromatic heterocycles. The molecule has 0 aromatic rings. The number of hydrogen-bond donors (Lipinski definition) is 1. The lowest BCUT2D eigenvalue weighted by molar-refractivity contribution is -0.134. The zero-order valence-electron chi connectivity index (χ0n) is 11.6. The summed E-state index contributed by atoms with van der Waals surface area (Å²) in [5, 5.41) is 3.22. The molecule has 104 valence electrons. The van der Waals surface area contributed by atoms with Gasteiger partial charge in [-0.2, -0.15) is 0 Å². The van der Waals surface area contributed by atoms with E-state index in [-0.39, 0.29) is 11.8 Å². The fourth-order valence-corrected chi connectivity index (χ4v) is 1.83. The summed E-state index contributed by atoms with van der Waals surface area (Å²) in [6.07, 6.45) is 0.457. The molecule has 1 N–H and O–H groups in total. The van der Waals surface area contributed by atoms with Gasteiger partial charge in [-0.05, 0) is 7.05 Å². The van der Waals surface area contributed by atoms with Crippen LogP contribution in [0.25, 0.3) is 0 Å². The summed E-state index contributed by atoms with van der Waals surface area (Å²) < 4.78 is 0. The maximum absolute atomic E-state index is 11.9. The lowest BCUT2D eigenvalue weighted by Crippen LogP contribution is -2.49. The zero-order valence-corrected chi connectivity index (χ0v) is 11.6. The Bertz CT molecular complexity index is 288. The van der Waals surface area contributed by atoms with Crippen molar-refractivity contribution < 1.29 is 9.59 Å². The van der Waals surface area contributed by atoms with Crippen molar-refractivity contribution in [3.8, 4) is 0 Å². The summed E-state index contributed by atoms with van der Waals surface area (Å²) in [5.41, 5.74) is 0. The minimum atomic E-state index is 0.0940. The summed E-state index contributed by atoms with van der Waals surface area (Å²) in [7, 11) is 5.37. The highest BCUT2D eigenvalue weighted by molar-refractivity contribution is 5.78. The quantitative estimate of drug-likeness (QED) is 0.673. The summed E-state index contributed by atoms with van der Waals surface area (Å²) in [6, 6.07) is 0. The Kier molecular flexibility index (Phi) is 6.07. The number of piperazine rings is 1. The van der Waals surface area contributed by atoms with E-state index in [4.69, 9.17) is 0 Å². The molecule has 1 rings (SSSR count). The molecule has 1 aliphatic heterocycles. The SMILES string of the molecule is CN(CCC(=O)N(C)C)CC(=O)N1CCNCC1. The second-order valence-corrected chi connectivity index (χ2v) is 4.91. The molecule has 1 heterocycles. The van der Waals surface area contributed by atoms with E-state index in [0.29, 0.717) is 19.5 Å². The first-order valence-corrected chi connectivity index (χ1v) is 6.38. The van der Waals surface area contributed by atoms with E-state index in [2.05, 4.69) is 5.32 Å². The molecule has 0 unspecified atom stereocenters. The summed E-state index contributed by atoms with van der Waals surface area (Å²) in [4.78, 5) is 28.7. The third kappa shape index (κ3) is 5.01. The number of carbonyl (C=O) groups is 2. The molecule has 1 fully saturated rings. The van der Waals surface area contributed by atoms with Gasteiger partial charge in [0.15, 0.2) is 0 Å². The van der Waals surface area contributed by atoms with Crippen molar-refractivity contribution in [1.82, 2.24) is 20.0 Å². The Morgan fingerprint density at radius 3 is 2.33 bits per heavy atom. The largest absolute Gasteiger partial charge is 0.349 e. The van der Waals surface area contributed by atoms with Gasteiger partial charge in [-0.25, -0.2) is 0 Å². The molecule has 1 aliphatic rings. The van der Waals surface area contributed by atoms with Gasteiger partial charge in [0.05, 0.1) is 6.54 Å². The van der Waals surface area contributed by atoms with Crippen LogP contribution in [0.4, 0.5) is 0 Å². The van der Waals surface area contributed by atoms with Crippen molar-refractivity contribution in [1.29, 1.82) is 0 Å². The maximum Gasteiger partial charge on any atom is 0.236 e. The van der Waals surface area contributed by atoms with Crippen molar-refractivity contribution in [2.45, 2.75) is 6.42 Å². The number of hydrogen-bond acceptors (Lipinski definition) is 4. The molecule has 2 amide bonds. The van der Waals surface area contributed by atoms with Crippen molar-refractivity contribution in [2.24, 2.45) is 0 Å². The average molecular weight is 256 g/mol. The van der Waals surface area contributed by atoms with Crippen LogP contribution in [0.2, 0.25) is 0 Å². The third-order valence-electron chi connectivity index (χ3n) is 3.08. The predicted octanol–water partition coefficient (Wildman–Crippen LogP) is -1.17. The number of rotatable bonds is 5. The normalized spacial score (nSPS) is 15.9. The van der Waals surface area contributed by atoms with E-state index >= 15 is 0 Å². The lowest BCUT2D eigenvalue weighted by atomic mass is 10.3. The predicted molar refractivity (Wildman–Crippen MR) is 70.3 cm³/mol. The van der Waals surface area contributed by atoms with Crippen LogP contribution in [-0.4, -0.2) is 86.9 Å². The van der Waals surface area contributed by atoms with E-state index in [9.17, 15) is 9.59 Å². The molecule has 6 nitrogen and oxygen atoms in total. The van der Waals surface area contributed by atoms with Crippen LogP contribution < -0.4 is 5.32 Å². The van der Waals surface area contributed by atoms with Gasteiger partial charge in [-0.15, -0.1) is 0 Å². The van der Waals surface area contributed by atoms with Crippen LogP contribution in [0.15, 0.2) is 0 Å². The Morgan fingerprint density at radius 1 is 1.17 bits per heavy atom. The van der Waals surface area contributed by atoms with E-state index < -0.39 is 0 Å². The van der Waals surface area contributed by atoms with Gasteiger partial charge < -0.3 is 15.1 Å². The second kappa shape index (κ2) is 7.33. The molecule has 0 radical (unpaired) electrons. The molecule has 0 atom stereocenters. The van der Waals surface area contributed by atoms with Gasteiger partial charge in [0.25, 0.3) is 0 Å². The summed E-state index contributed by atoms with van der Waals surface area (Å²) >= 11 is 0. The molecule has 0 spiro atoms. The summed E-state index contributed by atoms with van der Waals surface area (Å²) in [6.45, 7) is 4.31. The minimum absolute atomic E-state index is 0.0940. The van der Waals surface area contributed by atoms with Gasteiger partial charge in [0.2, 0.25) is 11.8 Å². The zero-order chi connectivity index (χ0) is 13.5. The van der Waals surface area contributed by atoms with Crippen molar-refractivity contribution >= 4 is 11.8 Å². The maximum atomic E-state index is 11.9. The molecule has 18 heavy (non-hydrogen) atoms. The highest BCUT2D eigenvalue weighted by Crippen LogP contribution is 1.97. The molecule has 0 aliphatic carbocycles. The molecule has 0 bridgehead atoms. The fraction of sp³-hybridized carbons (Fsp3) is 0.833. The van der Waals surface area contributed by atoms with Crippen molar-refractivity contribution in [3.05, 3.63) is 0 Å². The molecule has 1 saturated heterocycles. The van der Waals surface area contributed by atoms with Crippen LogP contribution in [-0.2, 0) is 9.59 Å². The topological polar surface area (TPSA) is 55.9 Å². The van der Waals surface area contributed by atoms with E-state index in [0.717, 1.165) is 26.2 Å².